The molecule has 1 saturated carbocycles. The quantitative estimate of drug-likeness (QED) is 0.803. The molecule has 0 aromatic heterocycles. The summed E-state index contributed by atoms with van der Waals surface area (Å²) in [6, 6.07) is 0. The highest BCUT2D eigenvalue weighted by Gasteiger charge is 2.36. The van der Waals surface area contributed by atoms with Gasteiger partial charge in [-0.05, 0) is 55.4 Å². The molecule has 0 saturated heterocycles. The zero-order valence-corrected chi connectivity index (χ0v) is 14.3. The first kappa shape index (κ1) is 16.3. The molecule has 2 aliphatic rings. The molecule has 118 valence electrons. The van der Waals surface area contributed by atoms with E-state index in [9.17, 15) is 4.79 Å². The van der Waals surface area contributed by atoms with Crippen LogP contribution in [0.15, 0.2) is 23.4 Å². The van der Waals surface area contributed by atoms with Crippen LogP contribution in [0.2, 0.25) is 0 Å². The van der Waals surface area contributed by atoms with Crippen LogP contribution >= 0.6 is 0 Å². The van der Waals surface area contributed by atoms with Gasteiger partial charge in [-0.25, -0.2) is 0 Å². The third kappa shape index (κ3) is 3.78. The van der Waals surface area contributed by atoms with Crippen LogP contribution in [0.4, 0.5) is 0 Å². The van der Waals surface area contributed by atoms with E-state index in [1.165, 1.54) is 18.4 Å². The van der Waals surface area contributed by atoms with Gasteiger partial charge in [0.1, 0.15) is 0 Å². The Morgan fingerprint density at radius 3 is 2.62 bits per heavy atom. The van der Waals surface area contributed by atoms with Crippen molar-refractivity contribution in [3.63, 3.8) is 0 Å². The van der Waals surface area contributed by atoms with E-state index in [4.69, 9.17) is 0 Å². The van der Waals surface area contributed by atoms with Gasteiger partial charge in [0, 0.05) is 11.6 Å². The number of amides is 1. The molecule has 1 N–H and O–H groups in total. The van der Waals surface area contributed by atoms with Gasteiger partial charge in [-0.15, -0.1) is 0 Å². The van der Waals surface area contributed by atoms with Gasteiger partial charge in [0.15, 0.2) is 0 Å². The zero-order valence-electron chi connectivity index (χ0n) is 14.3. The normalized spacial score (nSPS) is 33.4. The summed E-state index contributed by atoms with van der Waals surface area (Å²) in [5, 5.41) is 3.28. The second kappa shape index (κ2) is 6.81. The Balaban J connectivity index is 2.12. The highest BCUT2D eigenvalue weighted by Crippen LogP contribution is 2.38. The third-order valence-corrected chi connectivity index (χ3v) is 5.39. The van der Waals surface area contributed by atoms with E-state index in [-0.39, 0.29) is 11.8 Å². The SMILES string of the molecule is CC1=C(NC(=O)[C@@H]2C[C@H](C)CC[C@H]2C(C)C)C(C)CC=C1. The molecule has 2 nitrogen and oxygen atoms in total. The topological polar surface area (TPSA) is 29.1 Å². The fraction of sp³-hybridized carbons (Fsp3) is 0.737. The minimum Gasteiger partial charge on any atom is -0.329 e. The van der Waals surface area contributed by atoms with Crippen LogP contribution < -0.4 is 5.32 Å². The van der Waals surface area contributed by atoms with Crippen molar-refractivity contribution in [3.05, 3.63) is 23.4 Å². The zero-order chi connectivity index (χ0) is 15.6. The molecule has 1 unspecified atom stereocenters. The summed E-state index contributed by atoms with van der Waals surface area (Å²) in [6.07, 6.45) is 8.89. The van der Waals surface area contributed by atoms with Crippen LogP contribution in [-0.2, 0) is 4.79 Å². The van der Waals surface area contributed by atoms with Crippen molar-refractivity contribution in [2.24, 2.45) is 29.6 Å². The Kier molecular flexibility index (Phi) is 5.29. The number of allylic oxidation sites excluding steroid dienone is 4. The lowest BCUT2D eigenvalue weighted by atomic mass is 9.69. The molecule has 2 aliphatic carbocycles. The van der Waals surface area contributed by atoms with Crippen molar-refractivity contribution in [1.29, 1.82) is 0 Å². The second-order valence-electron chi connectivity index (χ2n) is 7.56. The summed E-state index contributed by atoms with van der Waals surface area (Å²) in [5.41, 5.74) is 2.36. The van der Waals surface area contributed by atoms with Gasteiger partial charge in [0.25, 0.3) is 0 Å². The molecule has 1 amide bonds. The van der Waals surface area contributed by atoms with Crippen molar-refractivity contribution in [1.82, 2.24) is 5.32 Å². The van der Waals surface area contributed by atoms with Gasteiger partial charge in [0.2, 0.25) is 5.91 Å². The van der Waals surface area contributed by atoms with Crippen molar-refractivity contribution in [3.8, 4) is 0 Å². The molecule has 4 atom stereocenters. The van der Waals surface area contributed by atoms with E-state index >= 15 is 0 Å². The molecule has 2 rings (SSSR count). The van der Waals surface area contributed by atoms with E-state index in [1.54, 1.807) is 0 Å². The Morgan fingerprint density at radius 1 is 1.29 bits per heavy atom. The maximum Gasteiger partial charge on any atom is 0.227 e. The van der Waals surface area contributed by atoms with Crippen molar-refractivity contribution in [2.75, 3.05) is 0 Å². The van der Waals surface area contributed by atoms with Gasteiger partial charge < -0.3 is 5.32 Å². The molecule has 21 heavy (non-hydrogen) atoms. The first-order valence-corrected chi connectivity index (χ1v) is 8.58. The molecule has 1 fully saturated rings. The van der Waals surface area contributed by atoms with Crippen LogP contribution in [0.1, 0.15) is 60.3 Å². The number of carbonyl (C=O) groups is 1. The standard InChI is InChI=1S/C19H31NO/c1-12(2)16-10-9-13(3)11-17(16)19(21)20-18-14(4)7-6-8-15(18)5/h6-7,12-13,15-17H,8-11H2,1-5H3,(H,20,21)/t13-,15?,16+,17-/m1/s1. The molecule has 0 aromatic carbocycles. The summed E-state index contributed by atoms with van der Waals surface area (Å²) >= 11 is 0. The smallest absolute Gasteiger partial charge is 0.227 e. The number of nitrogens with one attached hydrogen (secondary N) is 1. The molecule has 0 aliphatic heterocycles. The summed E-state index contributed by atoms with van der Waals surface area (Å²) < 4.78 is 0. The lowest BCUT2D eigenvalue weighted by Gasteiger charge is -2.37. The van der Waals surface area contributed by atoms with Crippen molar-refractivity contribution in [2.45, 2.75) is 60.3 Å². The fourth-order valence-corrected chi connectivity index (χ4v) is 4.00. The Morgan fingerprint density at radius 2 is 2.00 bits per heavy atom. The van der Waals surface area contributed by atoms with E-state index < -0.39 is 0 Å². The van der Waals surface area contributed by atoms with Crippen LogP contribution in [0.25, 0.3) is 0 Å². The third-order valence-electron chi connectivity index (χ3n) is 5.39. The van der Waals surface area contributed by atoms with E-state index in [1.807, 2.05) is 0 Å². The van der Waals surface area contributed by atoms with Gasteiger partial charge in [-0.1, -0.05) is 46.3 Å². The fourth-order valence-electron chi connectivity index (χ4n) is 4.00. The summed E-state index contributed by atoms with van der Waals surface area (Å²) in [5.74, 6) is 2.68. The molecule has 0 spiro atoms. The van der Waals surface area contributed by atoms with E-state index in [0.717, 1.165) is 18.5 Å². The van der Waals surface area contributed by atoms with Crippen molar-refractivity contribution < 1.29 is 4.79 Å². The van der Waals surface area contributed by atoms with Gasteiger partial charge >= 0.3 is 0 Å². The highest BCUT2D eigenvalue weighted by atomic mass is 16.1. The molecule has 0 aromatic rings. The average Bonchev–Trinajstić information content (AvgIpc) is 2.42. The number of carbonyl (C=O) groups excluding carboxylic acids is 1. The molecular formula is C19H31NO. The minimum atomic E-state index is 0.187. The average molecular weight is 289 g/mol. The van der Waals surface area contributed by atoms with E-state index in [0.29, 0.717) is 23.7 Å². The van der Waals surface area contributed by atoms with Crippen LogP contribution in [0, 0.1) is 29.6 Å². The maximum atomic E-state index is 12.8. The van der Waals surface area contributed by atoms with Crippen molar-refractivity contribution >= 4 is 5.91 Å². The first-order valence-electron chi connectivity index (χ1n) is 8.58. The summed E-state index contributed by atoms with van der Waals surface area (Å²) in [7, 11) is 0. The molecule has 0 radical (unpaired) electrons. The van der Waals surface area contributed by atoms with Crippen LogP contribution in [0.5, 0.6) is 0 Å². The lowest BCUT2D eigenvalue weighted by Crippen LogP contribution is -2.41. The predicted octanol–water partition coefficient (Wildman–Crippen LogP) is 4.68. The minimum absolute atomic E-state index is 0.187. The van der Waals surface area contributed by atoms with E-state index in [2.05, 4.69) is 52.1 Å². The number of hydrogen-bond acceptors (Lipinski definition) is 1. The Bertz CT molecular complexity index is 446. The largest absolute Gasteiger partial charge is 0.329 e. The number of rotatable bonds is 3. The maximum absolute atomic E-state index is 12.8. The highest BCUT2D eigenvalue weighted by molar-refractivity contribution is 5.81. The molecule has 2 heteroatoms. The Hall–Kier alpha value is -1.05. The monoisotopic (exact) mass is 289 g/mol. The molecule has 0 heterocycles. The van der Waals surface area contributed by atoms with Crippen LogP contribution in [0.3, 0.4) is 0 Å². The second-order valence-corrected chi connectivity index (χ2v) is 7.56. The molecule has 0 bridgehead atoms. The first-order chi connectivity index (χ1) is 9.90. The predicted molar refractivity (Wildman–Crippen MR) is 88.6 cm³/mol. The summed E-state index contributed by atoms with van der Waals surface area (Å²) in [4.78, 5) is 12.8. The number of hydrogen-bond donors (Lipinski definition) is 1. The summed E-state index contributed by atoms with van der Waals surface area (Å²) in [6.45, 7) is 11.1. The van der Waals surface area contributed by atoms with Gasteiger partial charge in [0.05, 0.1) is 0 Å². The molecular weight excluding hydrogens is 258 g/mol. The lowest BCUT2D eigenvalue weighted by molar-refractivity contribution is -0.128. The Labute approximate surface area is 130 Å². The van der Waals surface area contributed by atoms with Gasteiger partial charge in [-0.3, -0.25) is 4.79 Å². The van der Waals surface area contributed by atoms with Crippen LogP contribution in [-0.4, -0.2) is 5.91 Å². The van der Waals surface area contributed by atoms with Gasteiger partial charge in [-0.2, -0.15) is 0 Å².